The van der Waals surface area contributed by atoms with Crippen molar-refractivity contribution in [3.63, 3.8) is 0 Å². The third-order valence-electron chi connectivity index (χ3n) is 2.82. The van der Waals surface area contributed by atoms with Crippen LogP contribution in [0.15, 0.2) is 45.1 Å². The number of rotatable bonds is 4. The van der Waals surface area contributed by atoms with Gasteiger partial charge in [0.15, 0.2) is 0 Å². The summed E-state index contributed by atoms with van der Waals surface area (Å²) in [5, 5.41) is 7.03. The van der Waals surface area contributed by atoms with Crippen molar-refractivity contribution in [2.45, 2.75) is 11.4 Å². The smallest absolute Gasteiger partial charge is 0.255 e. The van der Waals surface area contributed by atoms with Crippen LogP contribution in [0.4, 0.5) is 0 Å². The van der Waals surface area contributed by atoms with Gasteiger partial charge in [0, 0.05) is 16.4 Å². The molecule has 0 aliphatic rings. The van der Waals surface area contributed by atoms with Gasteiger partial charge in [-0.15, -0.1) is 11.3 Å². The first-order valence-corrected chi connectivity index (χ1v) is 9.11. The second kappa shape index (κ2) is 6.27. The largest absolute Gasteiger partial charge is 0.337 e. The van der Waals surface area contributed by atoms with E-state index in [1.807, 2.05) is 17.5 Å². The van der Waals surface area contributed by atoms with Gasteiger partial charge >= 0.3 is 0 Å². The van der Waals surface area contributed by atoms with E-state index in [-0.39, 0.29) is 16.4 Å². The highest BCUT2D eigenvalue weighted by Crippen LogP contribution is 2.22. The van der Waals surface area contributed by atoms with Gasteiger partial charge in [-0.2, -0.15) is 0 Å². The first-order valence-electron chi connectivity index (χ1n) is 5.89. The van der Waals surface area contributed by atoms with Gasteiger partial charge in [0.05, 0.1) is 17.0 Å². The monoisotopic (exact) mass is 388 g/mol. The fourth-order valence-corrected chi connectivity index (χ4v) is 3.47. The normalized spacial score (nSPS) is 11.4. The van der Waals surface area contributed by atoms with Gasteiger partial charge in [0.2, 0.25) is 10.0 Å². The number of carbonyl (C=O) groups excluding carboxylic acids is 1. The molecule has 0 unspecified atom stereocenters. The van der Waals surface area contributed by atoms with Gasteiger partial charge in [-0.25, -0.2) is 13.6 Å². The highest BCUT2D eigenvalue weighted by molar-refractivity contribution is 9.10. The molecule has 0 saturated heterocycles. The zero-order chi connectivity index (χ0) is 15.6. The minimum Gasteiger partial charge on any atom is -0.337 e. The maximum Gasteiger partial charge on any atom is 0.255 e. The first-order chi connectivity index (χ1) is 9.79. The zero-order valence-corrected chi connectivity index (χ0v) is 14.3. The average molecular weight is 389 g/mol. The predicted octanol–water partition coefficient (Wildman–Crippen LogP) is 2.43. The number of benzene rings is 1. The molecule has 0 aliphatic carbocycles. The van der Waals surface area contributed by atoms with E-state index in [0.29, 0.717) is 11.0 Å². The zero-order valence-electron chi connectivity index (χ0n) is 11.1. The number of nitrogens with two attached hydrogens (primary N) is 1. The van der Waals surface area contributed by atoms with Crippen LogP contribution in [0.5, 0.6) is 0 Å². The summed E-state index contributed by atoms with van der Waals surface area (Å²) >= 11 is 4.82. The highest BCUT2D eigenvalue weighted by Gasteiger charge is 2.18. The molecule has 21 heavy (non-hydrogen) atoms. The van der Waals surface area contributed by atoms with Crippen LogP contribution in [0.25, 0.3) is 0 Å². The average Bonchev–Trinajstić information content (AvgIpc) is 2.90. The summed E-state index contributed by atoms with van der Waals surface area (Å²) in [7, 11) is -2.18. The quantitative estimate of drug-likeness (QED) is 0.872. The van der Waals surface area contributed by atoms with E-state index in [0.717, 1.165) is 4.88 Å². The summed E-state index contributed by atoms with van der Waals surface area (Å²) in [6.45, 7) is 0.461. The summed E-state index contributed by atoms with van der Waals surface area (Å²) in [6, 6.07) is 7.99. The first kappa shape index (κ1) is 16.2. The maximum atomic E-state index is 12.4. The number of nitrogens with zero attached hydrogens (tertiary/aromatic N) is 1. The van der Waals surface area contributed by atoms with Gasteiger partial charge in [-0.1, -0.05) is 6.07 Å². The maximum absolute atomic E-state index is 12.4. The molecule has 2 N–H and O–H groups in total. The van der Waals surface area contributed by atoms with E-state index in [1.165, 1.54) is 23.1 Å². The van der Waals surface area contributed by atoms with Crippen LogP contribution in [-0.4, -0.2) is 26.3 Å². The molecule has 0 aliphatic heterocycles. The van der Waals surface area contributed by atoms with E-state index in [2.05, 4.69) is 15.9 Å². The van der Waals surface area contributed by atoms with E-state index in [1.54, 1.807) is 18.4 Å². The van der Waals surface area contributed by atoms with Crippen LogP contribution in [-0.2, 0) is 16.6 Å². The van der Waals surface area contributed by atoms with Crippen LogP contribution < -0.4 is 5.14 Å². The number of amides is 1. The lowest BCUT2D eigenvalue weighted by molar-refractivity contribution is 0.0785. The van der Waals surface area contributed by atoms with Crippen LogP contribution in [0.1, 0.15) is 15.2 Å². The molecule has 8 heteroatoms. The molecular formula is C13H13BrN2O3S2. The standard InChI is InChI=1S/C13H13BrN2O3S2/c1-16(8-9-3-2-6-20-9)13(17)11-7-10(21(15,18)19)4-5-12(11)14/h2-7H,8H2,1H3,(H2,15,18,19). The molecule has 0 radical (unpaired) electrons. The fourth-order valence-electron chi connectivity index (χ4n) is 1.76. The minimum atomic E-state index is -3.84. The summed E-state index contributed by atoms with van der Waals surface area (Å²) < 4.78 is 23.3. The van der Waals surface area contributed by atoms with Gasteiger partial charge in [0.1, 0.15) is 0 Å². The fraction of sp³-hybridized carbons (Fsp3) is 0.154. The van der Waals surface area contributed by atoms with Crippen molar-refractivity contribution in [3.8, 4) is 0 Å². The number of carbonyl (C=O) groups is 1. The topological polar surface area (TPSA) is 80.5 Å². The van der Waals surface area contributed by atoms with Crippen molar-refractivity contribution in [1.29, 1.82) is 0 Å². The molecule has 5 nitrogen and oxygen atoms in total. The Morgan fingerprint density at radius 3 is 2.67 bits per heavy atom. The van der Waals surface area contributed by atoms with E-state index in [9.17, 15) is 13.2 Å². The van der Waals surface area contributed by atoms with Crippen molar-refractivity contribution in [3.05, 3.63) is 50.6 Å². The Balaban J connectivity index is 2.30. The van der Waals surface area contributed by atoms with Crippen molar-refractivity contribution >= 4 is 43.2 Å². The lowest BCUT2D eigenvalue weighted by Crippen LogP contribution is -2.26. The molecule has 1 aromatic carbocycles. The molecule has 0 atom stereocenters. The molecule has 0 fully saturated rings. The molecule has 2 aromatic rings. The van der Waals surface area contributed by atoms with Crippen LogP contribution >= 0.6 is 27.3 Å². The number of hydrogen-bond donors (Lipinski definition) is 1. The molecule has 1 amide bonds. The van der Waals surface area contributed by atoms with Crippen molar-refractivity contribution < 1.29 is 13.2 Å². The Labute approximate surface area is 135 Å². The molecular weight excluding hydrogens is 376 g/mol. The second-order valence-corrected chi connectivity index (χ2v) is 7.88. The number of halogens is 1. The summed E-state index contributed by atoms with van der Waals surface area (Å²) in [5.74, 6) is -0.277. The predicted molar refractivity (Wildman–Crippen MR) is 85.6 cm³/mol. The van der Waals surface area contributed by atoms with Gasteiger partial charge in [-0.05, 0) is 45.6 Å². The lowest BCUT2D eigenvalue weighted by atomic mass is 10.2. The Morgan fingerprint density at radius 1 is 1.38 bits per heavy atom. The summed E-state index contributed by atoms with van der Waals surface area (Å²) in [5.41, 5.74) is 0.264. The van der Waals surface area contributed by atoms with Crippen LogP contribution in [0, 0.1) is 0 Å². The molecule has 0 spiro atoms. The van der Waals surface area contributed by atoms with Gasteiger partial charge < -0.3 is 4.90 Å². The van der Waals surface area contributed by atoms with Gasteiger partial charge in [0.25, 0.3) is 5.91 Å². The van der Waals surface area contributed by atoms with Crippen LogP contribution in [0.2, 0.25) is 0 Å². The molecule has 0 bridgehead atoms. The molecule has 0 saturated carbocycles. The molecule has 112 valence electrons. The van der Waals surface area contributed by atoms with E-state index < -0.39 is 10.0 Å². The lowest BCUT2D eigenvalue weighted by Gasteiger charge is -2.17. The number of thiophene rings is 1. The van der Waals surface area contributed by atoms with Crippen LogP contribution in [0.3, 0.4) is 0 Å². The van der Waals surface area contributed by atoms with E-state index in [4.69, 9.17) is 5.14 Å². The summed E-state index contributed by atoms with van der Waals surface area (Å²) in [6.07, 6.45) is 0. The van der Waals surface area contributed by atoms with Crippen molar-refractivity contribution in [2.24, 2.45) is 5.14 Å². The van der Waals surface area contributed by atoms with Gasteiger partial charge in [-0.3, -0.25) is 4.79 Å². The minimum absolute atomic E-state index is 0.0847. The number of hydrogen-bond acceptors (Lipinski definition) is 4. The third-order valence-corrected chi connectivity index (χ3v) is 5.28. The number of primary sulfonamides is 1. The third kappa shape index (κ3) is 3.91. The Morgan fingerprint density at radius 2 is 2.10 bits per heavy atom. The highest BCUT2D eigenvalue weighted by atomic mass is 79.9. The Hall–Kier alpha value is -1.22. The Kier molecular flexibility index (Phi) is 4.82. The molecule has 1 aromatic heterocycles. The van der Waals surface area contributed by atoms with Crippen molar-refractivity contribution in [2.75, 3.05) is 7.05 Å². The van der Waals surface area contributed by atoms with Crippen molar-refractivity contribution in [1.82, 2.24) is 4.90 Å². The Bertz CT molecular complexity index is 758. The second-order valence-electron chi connectivity index (χ2n) is 4.43. The molecule has 2 rings (SSSR count). The molecule has 1 heterocycles. The SMILES string of the molecule is CN(Cc1cccs1)C(=O)c1cc(S(N)(=O)=O)ccc1Br. The van der Waals surface area contributed by atoms with E-state index >= 15 is 0 Å². The number of sulfonamides is 1. The summed E-state index contributed by atoms with van der Waals surface area (Å²) in [4.78, 5) is 14.9.